The van der Waals surface area contributed by atoms with Gasteiger partial charge in [-0.2, -0.15) is 0 Å². The highest BCUT2D eigenvalue weighted by Crippen LogP contribution is 2.43. The first-order valence-electron chi connectivity index (χ1n) is 36.5. The van der Waals surface area contributed by atoms with Crippen molar-refractivity contribution in [1.29, 1.82) is 0 Å². The molecule has 526 valence electrons. The number of benzene rings is 11. The lowest BCUT2D eigenvalue weighted by Crippen LogP contribution is -2.27. The molecule has 0 aliphatic heterocycles. The normalized spacial score (nSPS) is 12.0. The highest BCUT2D eigenvalue weighted by molar-refractivity contribution is 5.94. The van der Waals surface area contributed by atoms with E-state index in [1.165, 1.54) is 66.8 Å². The molecule has 11 aromatic rings. The van der Waals surface area contributed by atoms with Gasteiger partial charge in [0.2, 0.25) is 0 Å². The Labute approximate surface area is 613 Å². The Kier molecular flexibility index (Phi) is 24.1. The molecule has 0 heterocycles. The van der Waals surface area contributed by atoms with Crippen molar-refractivity contribution in [2.45, 2.75) is 161 Å². The maximum atomic E-state index is 14.7. The predicted octanol–water partition coefficient (Wildman–Crippen LogP) is 21.9. The number of aryl methyl sites for hydroxylation is 9. The zero-order valence-corrected chi connectivity index (χ0v) is 62.5. The Balaban J connectivity index is 1.11. The van der Waals surface area contributed by atoms with Crippen molar-refractivity contribution in [3.05, 3.63) is 376 Å². The Morgan fingerprint density at radius 2 is 0.748 bits per heavy atom. The smallest absolute Gasteiger partial charge is 0.156 e. The Morgan fingerprint density at radius 1 is 0.388 bits per heavy atom. The lowest BCUT2D eigenvalue weighted by molar-refractivity contribution is -0.113. The van der Waals surface area contributed by atoms with Gasteiger partial charge in [-0.05, 0) is 197 Å². The third-order valence-corrected chi connectivity index (χ3v) is 20.5. The molecule has 0 amide bonds. The first kappa shape index (κ1) is 73.4. The number of nitrogens with zero attached hydrogens (tertiary/aromatic N) is 4. The summed E-state index contributed by atoms with van der Waals surface area (Å²) in [5.41, 5.74) is 26.9. The predicted molar refractivity (Wildman–Crippen MR) is 429 cm³/mol. The maximum absolute atomic E-state index is 14.7. The van der Waals surface area contributed by atoms with Crippen LogP contribution in [0.3, 0.4) is 0 Å². The van der Waals surface area contributed by atoms with Gasteiger partial charge in [0.15, 0.2) is 5.78 Å². The molecule has 0 spiro atoms. The number of carbonyl (C=O) groups excluding carboxylic acids is 1. The fourth-order valence-corrected chi connectivity index (χ4v) is 14.6. The van der Waals surface area contributed by atoms with Gasteiger partial charge in [-0.3, -0.25) is 4.79 Å². The van der Waals surface area contributed by atoms with Crippen LogP contribution in [0.4, 0.5) is 17.1 Å². The van der Waals surface area contributed by atoms with Crippen molar-refractivity contribution in [1.82, 2.24) is 4.90 Å². The molecule has 11 rings (SSSR count). The largest absolute Gasteiger partial charge is 0.507 e. The van der Waals surface area contributed by atoms with Crippen molar-refractivity contribution in [2.24, 2.45) is 0 Å². The SMILES string of the molecule is CC=C(C=C(Cc1cc(N(Cc2ccc(C)cc2C)C(C)c2ccc(C)cc2C)cc(Cc2cc(N(Cc3ccccc3)Cc3ccc(C)cc3C)cc(Cc3cc(N(Cc4ccccc4)Cc4ccccc4)cc(CC)c3O)c2O)c1O)C(C)=O)N(Cc1ccccc1)Cc1ccc(C)cc1C. The number of hydrogen-bond donors (Lipinski definition) is 3. The van der Waals surface area contributed by atoms with Crippen LogP contribution in [0.1, 0.15) is 156 Å². The van der Waals surface area contributed by atoms with Crippen molar-refractivity contribution in [2.75, 3.05) is 14.7 Å². The highest BCUT2D eigenvalue weighted by Gasteiger charge is 2.27. The summed E-state index contributed by atoms with van der Waals surface area (Å²) in [4.78, 5) is 24.2. The molecule has 0 fully saturated rings. The minimum atomic E-state index is -0.159. The van der Waals surface area contributed by atoms with Gasteiger partial charge in [-0.15, -0.1) is 0 Å². The van der Waals surface area contributed by atoms with Crippen LogP contribution in [-0.4, -0.2) is 26.0 Å². The van der Waals surface area contributed by atoms with Gasteiger partial charge in [-0.1, -0.05) is 229 Å². The average molecular weight is 1360 g/mol. The third kappa shape index (κ3) is 18.6. The van der Waals surface area contributed by atoms with Crippen molar-refractivity contribution >= 4 is 22.8 Å². The molecule has 3 N–H and O–H groups in total. The number of allylic oxidation sites excluding steroid dienone is 3. The first-order chi connectivity index (χ1) is 49.7. The summed E-state index contributed by atoms with van der Waals surface area (Å²) in [5.74, 6) is 0.230. The van der Waals surface area contributed by atoms with Gasteiger partial charge in [0.1, 0.15) is 17.2 Å². The van der Waals surface area contributed by atoms with E-state index in [1.54, 1.807) is 6.92 Å². The minimum absolute atomic E-state index is 0.0533. The van der Waals surface area contributed by atoms with E-state index in [0.29, 0.717) is 85.6 Å². The van der Waals surface area contributed by atoms with E-state index >= 15 is 0 Å². The molecule has 0 aliphatic carbocycles. The van der Waals surface area contributed by atoms with Crippen molar-refractivity contribution < 1.29 is 20.1 Å². The molecule has 0 radical (unpaired) electrons. The molecule has 11 aromatic carbocycles. The summed E-state index contributed by atoms with van der Waals surface area (Å²) in [6.45, 7) is 29.4. The van der Waals surface area contributed by atoms with Gasteiger partial charge >= 0.3 is 0 Å². The molecule has 103 heavy (non-hydrogen) atoms. The molecule has 1 unspecified atom stereocenters. The maximum Gasteiger partial charge on any atom is 0.156 e. The number of anilines is 3. The van der Waals surface area contributed by atoms with E-state index in [9.17, 15) is 20.1 Å². The monoisotopic (exact) mass is 1360 g/mol. The van der Waals surface area contributed by atoms with E-state index in [2.05, 4.69) is 301 Å². The molecule has 0 saturated carbocycles. The highest BCUT2D eigenvalue weighted by atomic mass is 16.3. The Morgan fingerprint density at radius 3 is 1.17 bits per heavy atom. The van der Waals surface area contributed by atoms with E-state index in [0.717, 1.165) is 50.6 Å². The number of Topliss-reactive ketones (excluding diaryl/α,β-unsaturated/α-hetero) is 1. The van der Waals surface area contributed by atoms with E-state index in [4.69, 9.17) is 0 Å². The second-order valence-corrected chi connectivity index (χ2v) is 28.6. The van der Waals surface area contributed by atoms with Crippen LogP contribution >= 0.6 is 0 Å². The summed E-state index contributed by atoms with van der Waals surface area (Å²) in [7, 11) is 0. The molecule has 8 heteroatoms. The quantitative estimate of drug-likeness (QED) is 0.0316. The number of rotatable bonds is 29. The fraction of sp³-hybridized carbons (Fsp3) is 0.253. The lowest BCUT2D eigenvalue weighted by atomic mass is 9.91. The number of carbonyl (C=O) groups is 1. The number of phenols is 3. The summed E-state index contributed by atoms with van der Waals surface area (Å²) < 4.78 is 0. The van der Waals surface area contributed by atoms with Crippen molar-refractivity contribution in [3.8, 4) is 17.2 Å². The second-order valence-electron chi connectivity index (χ2n) is 28.6. The van der Waals surface area contributed by atoms with Gasteiger partial charge in [0.25, 0.3) is 0 Å². The van der Waals surface area contributed by atoms with Gasteiger partial charge in [0, 0.05) is 121 Å². The summed E-state index contributed by atoms with van der Waals surface area (Å²) in [6, 6.07) is 81.1. The number of aromatic hydroxyl groups is 3. The van der Waals surface area contributed by atoms with E-state index in [-0.39, 0.29) is 48.3 Å². The van der Waals surface area contributed by atoms with Crippen LogP contribution in [0.2, 0.25) is 0 Å². The third-order valence-electron chi connectivity index (χ3n) is 20.5. The number of phenolic OH excluding ortho intramolecular Hbond substituents is 3. The van der Waals surface area contributed by atoms with E-state index in [1.807, 2.05) is 37.3 Å². The minimum Gasteiger partial charge on any atom is -0.507 e. The first-order valence-corrected chi connectivity index (χ1v) is 36.5. The van der Waals surface area contributed by atoms with Crippen LogP contribution < -0.4 is 14.7 Å². The molecular formula is C95H102N4O4. The zero-order valence-electron chi connectivity index (χ0n) is 62.5. The summed E-state index contributed by atoms with van der Waals surface area (Å²) in [6.07, 6.45) is 5.15. The van der Waals surface area contributed by atoms with Crippen LogP contribution in [-0.2, 0) is 76.3 Å². The molecule has 8 nitrogen and oxygen atoms in total. The average Bonchev–Trinajstić information content (AvgIpc) is 0.779. The Hall–Kier alpha value is -10.8. The molecule has 1 atom stereocenters. The Bertz CT molecular complexity index is 4790. The van der Waals surface area contributed by atoms with Gasteiger partial charge in [0.05, 0.1) is 6.04 Å². The van der Waals surface area contributed by atoms with Gasteiger partial charge in [-0.25, -0.2) is 0 Å². The standard InChI is InChI=1S/C95H102N4O4/c1-13-78-50-89(96(57-74-27-19-15-20-28-74)58-75-29-21-16-22-30-75)52-84(93(78)101)48-85-53-90(98(60-77-33-25-18-26-34-77)62-80-40-36-65(4)44-69(80)8)54-86(95(85)103)49-87-56-91(99(63-81-41-37-66(5)45-70(81)9)72(11)92-42-38-67(6)46-71(92)10)55-83(94(87)102)47-82(73(12)100)51-88(14-2)97(59-76-31-23-17-24-32-76)61-79-39-35-64(3)43-68(79)7/h14-46,50-56,72,101-103H,13,47-49,57-63H2,1-12H3. The topological polar surface area (TPSA) is 90.7 Å². The fourth-order valence-electron chi connectivity index (χ4n) is 14.6. The molecule has 0 aromatic heterocycles. The van der Waals surface area contributed by atoms with E-state index < -0.39 is 0 Å². The van der Waals surface area contributed by atoms with Gasteiger partial charge < -0.3 is 34.9 Å². The number of ketones is 1. The molecule has 0 bridgehead atoms. The molecular weight excluding hydrogens is 1260 g/mol. The molecule has 0 aliphatic rings. The van der Waals surface area contributed by atoms with Crippen LogP contribution in [0.15, 0.2) is 254 Å². The lowest BCUT2D eigenvalue weighted by Gasteiger charge is -2.34. The van der Waals surface area contributed by atoms with Crippen molar-refractivity contribution in [3.63, 3.8) is 0 Å². The summed E-state index contributed by atoms with van der Waals surface area (Å²) >= 11 is 0. The van der Waals surface area contributed by atoms with Crippen LogP contribution in [0, 0.1) is 55.4 Å². The zero-order chi connectivity index (χ0) is 72.8. The van der Waals surface area contributed by atoms with Crippen LogP contribution in [0.5, 0.6) is 17.2 Å². The second kappa shape index (κ2) is 33.8. The van der Waals surface area contributed by atoms with Crippen LogP contribution in [0.25, 0.3) is 0 Å². The summed E-state index contributed by atoms with van der Waals surface area (Å²) in [5, 5.41) is 39.6. The molecule has 0 saturated heterocycles. The number of hydrogen-bond acceptors (Lipinski definition) is 8.